The highest BCUT2D eigenvalue weighted by Crippen LogP contribution is 2.28. The maximum absolute atomic E-state index is 11.9. The minimum absolute atomic E-state index is 0.0369. The molecule has 0 saturated carbocycles. The molecule has 86 valence electrons. The number of fused-ring (bicyclic) bond motifs is 1. The van der Waals surface area contributed by atoms with E-state index >= 15 is 0 Å². The molecule has 0 bridgehead atoms. The maximum atomic E-state index is 11.9. The molecular formula is C13H18N2O. The van der Waals surface area contributed by atoms with Gasteiger partial charge in [0.25, 0.3) is 0 Å². The number of carbonyl (C=O) groups excluding carboxylic acids is 1. The van der Waals surface area contributed by atoms with E-state index in [1.54, 1.807) is 0 Å². The predicted molar refractivity (Wildman–Crippen MR) is 65.4 cm³/mol. The molecule has 1 aliphatic rings. The summed E-state index contributed by atoms with van der Waals surface area (Å²) in [6.45, 7) is 4.71. The lowest BCUT2D eigenvalue weighted by molar-refractivity contribution is -0.125. The summed E-state index contributed by atoms with van der Waals surface area (Å²) in [6, 6.07) is 8.39. The molecule has 3 heteroatoms. The molecule has 0 saturated heterocycles. The van der Waals surface area contributed by atoms with Crippen molar-refractivity contribution in [1.29, 1.82) is 0 Å². The van der Waals surface area contributed by atoms with Gasteiger partial charge in [-0.2, -0.15) is 0 Å². The van der Waals surface area contributed by atoms with Crippen LogP contribution in [0.3, 0.4) is 0 Å². The van der Waals surface area contributed by atoms with Crippen molar-refractivity contribution in [1.82, 2.24) is 5.32 Å². The second-order valence-electron chi connectivity index (χ2n) is 4.30. The Balaban J connectivity index is 2.18. The molecule has 1 heterocycles. The van der Waals surface area contributed by atoms with Crippen LogP contribution in [0.4, 0.5) is 5.69 Å². The third kappa shape index (κ3) is 2.03. The lowest BCUT2D eigenvalue weighted by Gasteiger charge is -2.31. The average molecular weight is 218 g/mol. The summed E-state index contributed by atoms with van der Waals surface area (Å²) in [6.07, 6.45) is 0.830. The quantitative estimate of drug-likeness (QED) is 0.794. The lowest BCUT2D eigenvalue weighted by atomic mass is 9.87. The topological polar surface area (TPSA) is 41.1 Å². The van der Waals surface area contributed by atoms with Gasteiger partial charge in [-0.15, -0.1) is 0 Å². The molecule has 2 unspecified atom stereocenters. The predicted octanol–water partition coefficient (Wildman–Crippen LogP) is 1.80. The van der Waals surface area contributed by atoms with Crippen molar-refractivity contribution in [2.75, 3.05) is 11.9 Å². The molecule has 2 atom stereocenters. The SMILES string of the molecule is CCNC(=O)C1Cc2ccccc2NC1C. The first-order valence-corrected chi connectivity index (χ1v) is 5.84. The van der Waals surface area contributed by atoms with Gasteiger partial charge in [-0.3, -0.25) is 4.79 Å². The number of anilines is 1. The first-order chi connectivity index (χ1) is 7.72. The van der Waals surface area contributed by atoms with E-state index in [0.717, 1.165) is 12.1 Å². The highest BCUT2D eigenvalue weighted by molar-refractivity contribution is 5.81. The molecule has 1 amide bonds. The van der Waals surface area contributed by atoms with Crippen LogP contribution < -0.4 is 10.6 Å². The molecule has 2 N–H and O–H groups in total. The molecule has 0 radical (unpaired) electrons. The normalized spacial score (nSPS) is 23.1. The fraction of sp³-hybridized carbons (Fsp3) is 0.462. The second-order valence-corrected chi connectivity index (χ2v) is 4.30. The van der Waals surface area contributed by atoms with Gasteiger partial charge in [0.05, 0.1) is 5.92 Å². The summed E-state index contributed by atoms with van der Waals surface area (Å²) in [7, 11) is 0. The van der Waals surface area contributed by atoms with Gasteiger partial charge in [-0.1, -0.05) is 18.2 Å². The Hall–Kier alpha value is -1.51. The first-order valence-electron chi connectivity index (χ1n) is 5.84. The number of para-hydroxylation sites is 1. The molecule has 0 aromatic heterocycles. The van der Waals surface area contributed by atoms with Gasteiger partial charge in [0.2, 0.25) is 5.91 Å². The van der Waals surface area contributed by atoms with Gasteiger partial charge >= 0.3 is 0 Å². The van der Waals surface area contributed by atoms with Crippen LogP contribution in [0.25, 0.3) is 0 Å². The first kappa shape index (κ1) is 11.0. The van der Waals surface area contributed by atoms with Gasteiger partial charge in [-0.05, 0) is 31.9 Å². The highest BCUT2D eigenvalue weighted by atomic mass is 16.1. The van der Waals surface area contributed by atoms with Crippen molar-refractivity contribution in [3.05, 3.63) is 29.8 Å². The summed E-state index contributed by atoms with van der Waals surface area (Å²) in [4.78, 5) is 11.9. The summed E-state index contributed by atoms with van der Waals surface area (Å²) < 4.78 is 0. The van der Waals surface area contributed by atoms with Gasteiger partial charge < -0.3 is 10.6 Å². The van der Waals surface area contributed by atoms with Crippen LogP contribution >= 0.6 is 0 Å². The van der Waals surface area contributed by atoms with E-state index in [1.165, 1.54) is 5.56 Å². The summed E-state index contributed by atoms with van der Waals surface area (Å²) in [5.41, 5.74) is 2.40. The number of hydrogen-bond donors (Lipinski definition) is 2. The van der Waals surface area contributed by atoms with Crippen molar-refractivity contribution in [2.24, 2.45) is 5.92 Å². The van der Waals surface area contributed by atoms with Crippen molar-refractivity contribution < 1.29 is 4.79 Å². The van der Waals surface area contributed by atoms with Crippen molar-refractivity contribution in [3.63, 3.8) is 0 Å². The van der Waals surface area contributed by atoms with Gasteiger partial charge in [0, 0.05) is 18.3 Å². The monoisotopic (exact) mass is 218 g/mol. The Morgan fingerprint density at radius 2 is 2.25 bits per heavy atom. The third-order valence-corrected chi connectivity index (χ3v) is 3.13. The fourth-order valence-corrected chi connectivity index (χ4v) is 2.22. The van der Waals surface area contributed by atoms with Gasteiger partial charge in [0.1, 0.15) is 0 Å². The Morgan fingerprint density at radius 3 is 3.00 bits per heavy atom. The van der Waals surface area contributed by atoms with E-state index in [-0.39, 0.29) is 17.9 Å². The molecule has 16 heavy (non-hydrogen) atoms. The zero-order valence-corrected chi connectivity index (χ0v) is 9.79. The number of rotatable bonds is 2. The Labute approximate surface area is 96.2 Å². The van der Waals surface area contributed by atoms with E-state index in [9.17, 15) is 4.79 Å². The maximum Gasteiger partial charge on any atom is 0.225 e. The van der Waals surface area contributed by atoms with E-state index < -0.39 is 0 Å². The largest absolute Gasteiger partial charge is 0.382 e. The van der Waals surface area contributed by atoms with Crippen LogP contribution in [0, 0.1) is 5.92 Å². The van der Waals surface area contributed by atoms with E-state index in [1.807, 2.05) is 19.1 Å². The van der Waals surface area contributed by atoms with Gasteiger partial charge in [-0.25, -0.2) is 0 Å². The molecular weight excluding hydrogens is 200 g/mol. The number of carbonyl (C=O) groups is 1. The number of amides is 1. The summed E-state index contributed by atoms with van der Waals surface area (Å²) >= 11 is 0. The Bertz CT molecular complexity index is 389. The van der Waals surface area contributed by atoms with E-state index in [4.69, 9.17) is 0 Å². The molecule has 0 fully saturated rings. The number of nitrogens with one attached hydrogen (secondary N) is 2. The molecule has 2 rings (SSSR count). The lowest BCUT2D eigenvalue weighted by Crippen LogP contribution is -2.43. The van der Waals surface area contributed by atoms with Crippen molar-refractivity contribution in [2.45, 2.75) is 26.3 Å². The van der Waals surface area contributed by atoms with Crippen LogP contribution in [-0.2, 0) is 11.2 Å². The minimum atomic E-state index is 0.0369. The molecule has 0 aliphatic carbocycles. The Morgan fingerprint density at radius 1 is 1.50 bits per heavy atom. The number of benzene rings is 1. The van der Waals surface area contributed by atoms with Crippen LogP contribution in [0.15, 0.2) is 24.3 Å². The fourth-order valence-electron chi connectivity index (χ4n) is 2.22. The van der Waals surface area contributed by atoms with Crippen molar-refractivity contribution >= 4 is 11.6 Å². The number of hydrogen-bond acceptors (Lipinski definition) is 2. The standard InChI is InChI=1S/C13H18N2O/c1-3-14-13(16)11-8-10-6-4-5-7-12(10)15-9(11)2/h4-7,9,11,15H,3,8H2,1-2H3,(H,14,16). The highest BCUT2D eigenvalue weighted by Gasteiger charge is 2.29. The van der Waals surface area contributed by atoms with Crippen molar-refractivity contribution in [3.8, 4) is 0 Å². The zero-order valence-electron chi connectivity index (χ0n) is 9.79. The molecule has 1 aromatic rings. The zero-order chi connectivity index (χ0) is 11.5. The van der Waals surface area contributed by atoms with Crippen LogP contribution in [0.2, 0.25) is 0 Å². The molecule has 0 spiro atoms. The summed E-state index contributed by atoms with van der Waals surface area (Å²) in [5, 5.41) is 6.29. The second kappa shape index (κ2) is 4.56. The van der Waals surface area contributed by atoms with E-state index in [0.29, 0.717) is 6.54 Å². The van der Waals surface area contributed by atoms with Crippen LogP contribution in [0.1, 0.15) is 19.4 Å². The van der Waals surface area contributed by atoms with E-state index in [2.05, 4.69) is 29.7 Å². The van der Waals surface area contributed by atoms with Crippen LogP contribution in [0.5, 0.6) is 0 Å². The molecule has 3 nitrogen and oxygen atoms in total. The summed E-state index contributed by atoms with van der Waals surface area (Å²) in [5.74, 6) is 0.187. The smallest absolute Gasteiger partial charge is 0.225 e. The minimum Gasteiger partial charge on any atom is -0.382 e. The third-order valence-electron chi connectivity index (χ3n) is 3.13. The average Bonchev–Trinajstić information content (AvgIpc) is 2.28. The molecule has 1 aliphatic heterocycles. The van der Waals surface area contributed by atoms with Gasteiger partial charge in [0.15, 0.2) is 0 Å². The Kier molecular flexibility index (Phi) is 3.13. The molecule has 1 aromatic carbocycles. The van der Waals surface area contributed by atoms with Crippen LogP contribution in [-0.4, -0.2) is 18.5 Å².